The lowest BCUT2D eigenvalue weighted by Gasteiger charge is -2.34. The van der Waals surface area contributed by atoms with Crippen molar-refractivity contribution in [3.63, 3.8) is 0 Å². The fourth-order valence-corrected chi connectivity index (χ4v) is 5.59. The maximum atomic E-state index is 13.1. The molecule has 8 heteroatoms. The number of fused-ring (bicyclic) bond motifs is 2. The normalized spacial score (nSPS) is 32.2. The van der Waals surface area contributed by atoms with Gasteiger partial charge in [0.25, 0.3) is 0 Å². The van der Waals surface area contributed by atoms with Crippen LogP contribution in [0.2, 0.25) is 0 Å². The molecule has 1 aromatic rings. The van der Waals surface area contributed by atoms with Gasteiger partial charge in [-0.05, 0) is 44.4 Å². The van der Waals surface area contributed by atoms with Crippen LogP contribution in [0, 0.1) is 5.92 Å². The van der Waals surface area contributed by atoms with Crippen molar-refractivity contribution in [2.45, 2.75) is 82.3 Å². The zero-order valence-corrected chi connectivity index (χ0v) is 17.4. The Kier molecular flexibility index (Phi) is 6.70. The van der Waals surface area contributed by atoms with E-state index in [9.17, 15) is 4.79 Å². The number of rotatable bonds is 2. The molecular formula is C19H31Cl2N5O. The van der Waals surface area contributed by atoms with Gasteiger partial charge in [-0.3, -0.25) is 4.79 Å². The molecular weight excluding hydrogens is 385 g/mol. The second-order valence-electron chi connectivity index (χ2n) is 8.46. The SMILES string of the molecule is Cl.Cl.O=C(C1CC2CCCCC2N1)N1CCCC(c2nnc3n2CCC3)C1. The molecule has 1 saturated carbocycles. The Bertz CT molecular complexity index is 653. The molecule has 4 aliphatic rings. The van der Waals surface area contributed by atoms with Crippen molar-refractivity contribution in [2.24, 2.45) is 5.92 Å². The Morgan fingerprint density at radius 1 is 1.00 bits per heavy atom. The first kappa shape index (κ1) is 20.9. The van der Waals surface area contributed by atoms with E-state index in [1.807, 2.05) is 0 Å². The summed E-state index contributed by atoms with van der Waals surface area (Å²) in [5.74, 6) is 3.68. The van der Waals surface area contributed by atoms with Crippen molar-refractivity contribution in [1.82, 2.24) is 25.0 Å². The van der Waals surface area contributed by atoms with Gasteiger partial charge in [-0.1, -0.05) is 12.8 Å². The summed E-state index contributed by atoms with van der Waals surface area (Å²) < 4.78 is 2.31. The van der Waals surface area contributed by atoms with Crippen molar-refractivity contribution in [1.29, 1.82) is 0 Å². The molecule has 1 aromatic heterocycles. The maximum absolute atomic E-state index is 13.1. The molecule has 0 radical (unpaired) electrons. The number of aryl methyl sites for hydroxylation is 1. The van der Waals surface area contributed by atoms with E-state index in [2.05, 4.69) is 25.0 Å². The predicted molar refractivity (Wildman–Crippen MR) is 109 cm³/mol. The van der Waals surface area contributed by atoms with Gasteiger partial charge in [0.2, 0.25) is 5.91 Å². The minimum absolute atomic E-state index is 0. The fourth-order valence-electron chi connectivity index (χ4n) is 5.59. The molecule has 2 saturated heterocycles. The van der Waals surface area contributed by atoms with E-state index < -0.39 is 0 Å². The van der Waals surface area contributed by atoms with Gasteiger partial charge in [0, 0.05) is 38.0 Å². The average molecular weight is 416 g/mol. The number of amides is 1. The fraction of sp³-hybridized carbons (Fsp3) is 0.842. The third-order valence-corrected chi connectivity index (χ3v) is 6.90. The van der Waals surface area contributed by atoms with Crippen LogP contribution in [0.15, 0.2) is 0 Å². The highest BCUT2D eigenvalue weighted by molar-refractivity contribution is 5.85. The van der Waals surface area contributed by atoms with Crippen LogP contribution in [-0.4, -0.2) is 50.7 Å². The molecule has 1 aliphatic carbocycles. The van der Waals surface area contributed by atoms with Crippen LogP contribution >= 0.6 is 24.8 Å². The van der Waals surface area contributed by atoms with E-state index in [1.54, 1.807) is 0 Å². The first-order valence-electron chi connectivity index (χ1n) is 10.3. The highest BCUT2D eigenvalue weighted by atomic mass is 35.5. The summed E-state index contributed by atoms with van der Waals surface area (Å²) in [5.41, 5.74) is 0. The van der Waals surface area contributed by atoms with Gasteiger partial charge in [-0.2, -0.15) is 0 Å². The summed E-state index contributed by atoms with van der Waals surface area (Å²) in [6.45, 7) is 2.78. The van der Waals surface area contributed by atoms with E-state index >= 15 is 0 Å². The summed E-state index contributed by atoms with van der Waals surface area (Å²) in [5, 5.41) is 12.5. The topological polar surface area (TPSA) is 63.1 Å². The van der Waals surface area contributed by atoms with Crippen molar-refractivity contribution < 1.29 is 4.79 Å². The second kappa shape index (κ2) is 8.66. The lowest BCUT2D eigenvalue weighted by atomic mass is 9.85. The van der Waals surface area contributed by atoms with Gasteiger partial charge < -0.3 is 14.8 Å². The highest BCUT2D eigenvalue weighted by Crippen LogP contribution is 2.35. The van der Waals surface area contributed by atoms with Crippen molar-refractivity contribution in [2.75, 3.05) is 13.1 Å². The molecule has 0 aromatic carbocycles. The molecule has 3 aliphatic heterocycles. The third kappa shape index (κ3) is 3.85. The molecule has 6 nitrogen and oxygen atoms in total. The molecule has 4 atom stereocenters. The van der Waals surface area contributed by atoms with Crippen molar-refractivity contribution in [3.05, 3.63) is 11.6 Å². The quantitative estimate of drug-likeness (QED) is 0.806. The van der Waals surface area contributed by atoms with Crippen LogP contribution in [0.25, 0.3) is 0 Å². The van der Waals surface area contributed by atoms with Gasteiger partial charge in [0.1, 0.15) is 11.6 Å². The van der Waals surface area contributed by atoms with Crippen molar-refractivity contribution >= 4 is 30.7 Å². The van der Waals surface area contributed by atoms with Crippen LogP contribution in [-0.2, 0) is 17.8 Å². The van der Waals surface area contributed by atoms with Crippen molar-refractivity contribution in [3.8, 4) is 0 Å². The summed E-state index contributed by atoms with van der Waals surface area (Å²) in [4.78, 5) is 15.2. The largest absolute Gasteiger partial charge is 0.341 e. The first-order valence-corrected chi connectivity index (χ1v) is 10.3. The zero-order valence-electron chi connectivity index (χ0n) is 15.8. The number of hydrogen-bond acceptors (Lipinski definition) is 4. The zero-order chi connectivity index (χ0) is 16.8. The number of nitrogens with zero attached hydrogens (tertiary/aromatic N) is 4. The second-order valence-corrected chi connectivity index (χ2v) is 8.46. The number of hydrogen-bond donors (Lipinski definition) is 1. The van der Waals surface area contributed by atoms with Crippen LogP contribution in [0.4, 0.5) is 0 Å². The third-order valence-electron chi connectivity index (χ3n) is 6.90. The number of nitrogens with one attached hydrogen (secondary N) is 1. The van der Waals surface area contributed by atoms with Crippen LogP contribution in [0.1, 0.15) is 68.9 Å². The molecule has 0 bridgehead atoms. The van der Waals surface area contributed by atoms with E-state index in [-0.39, 0.29) is 30.9 Å². The molecule has 0 spiro atoms. The van der Waals surface area contributed by atoms with Gasteiger partial charge >= 0.3 is 0 Å². The molecule has 3 fully saturated rings. The Morgan fingerprint density at radius 2 is 1.85 bits per heavy atom. The van der Waals surface area contributed by atoms with E-state index in [0.29, 0.717) is 17.9 Å². The minimum Gasteiger partial charge on any atom is -0.341 e. The summed E-state index contributed by atoms with van der Waals surface area (Å²) >= 11 is 0. The lowest BCUT2D eigenvalue weighted by molar-refractivity contribution is -0.134. The number of piperidine rings is 1. The van der Waals surface area contributed by atoms with Gasteiger partial charge in [-0.15, -0.1) is 35.0 Å². The highest BCUT2D eigenvalue weighted by Gasteiger charge is 2.41. The smallest absolute Gasteiger partial charge is 0.239 e. The molecule has 1 amide bonds. The number of carbonyl (C=O) groups is 1. The Labute approximate surface area is 173 Å². The molecule has 27 heavy (non-hydrogen) atoms. The summed E-state index contributed by atoms with van der Waals surface area (Å²) in [6.07, 6.45) is 10.7. The van der Waals surface area contributed by atoms with Crippen LogP contribution in [0.5, 0.6) is 0 Å². The number of halogens is 2. The molecule has 4 unspecified atom stereocenters. The van der Waals surface area contributed by atoms with Crippen LogP contribution < -0.4 is 5.32 Å². The molecule has 5 rings (SSSR count). The summed E-state index contributed by atoms with van der Waals surface area (Å²) in [6, 6.07) is 0.638. The molecule has 1 N–H and O–H groups in total. The predicted octanol–water partition coefficient (Wildman–Crippen LogP) is 2.69. The monoisotopic (exact) mass is 415 g/mol. The van der Waals surface area contributed by atoms with Crippen LogP contribution in [0.3, 0.4) is 0 Å². The van der Waals surface area contributed by atoms with E-state index in [1.165, 1.54) is 32.1 Å². The Morgan fingerprint density at radius 3 is 2.70 bits per heavy atom. The lowest BCUT2D eigenvalue weighted by Crippen LogP contribution is -2.48. The number of carbonyl (C=O) groups excluding carboxylic acids is 1. The minimum atomic E-state index is 0. The number of aromatic nitrogens is 3. The summed E-state index contributed by atoms with van der Waals surface area (Å²) in [7, 11) is 0. The van der Waals surface area contributed by atoms with E-state index in [4.69, 9.17) is 0 Å². The van der Waals surface area contributed by atoms with Gasteiger partial charge in [0.15, 0.2) is 0 Å². The van der Waals surface area contributed by atoms with Gasteiger partial charge in [-0.25, -0.2) is 0 Å². The van der Waals surface area contributed by atoms with Gasteiger partial charge in [0.05, 0.1) is 6.04 Å². The first-order chi connectivity index (χ1) is 12.3. The Hall–Kier alpha value is -0.850. The average Bonchev–Trinajstić information content (AvgIpc) is 3.35. The Balaban J connectivity index is 0.00000105. The number of likely N-dealkylation sites (tertiary alicyclic amines) is 1. The van der Waals surface area contributed by atoms with E-state index in [0.717, 1.165) is 62.9 Å². The maximum Gasteiger partial charge on any atom is 0.239 e. The molecule has 152 valence electrons. The molecule has 4 heterocycles. The standard InChI is InChI=1S/C19H29N5O.2ClH/c25-19(16-11-13-5-1-2-7-15(13)20-16)23-9-3-6-14(12-23)18-22-21-17-8-4-10-24(17)18;;/h13-16,20H,1-12H2;2*1H.